The Kier molecular flexibility index (Phi) is 4.08. The van der Waals surface area contributed by atoms with Gasteiger partial charge in [-0.25, -0.2) is 4.98 Å². The second kappa shape index (κ2) is 6.37. The summed E-state index contributed by atoms with van der Waals surface area (Å²) in [6, 6.07) is 16.7. The first-order valence-electron chi connectivity index (χ1n) is 7.67. The molecule has 0 amide bonds. The monoisotopic (exact) mass is 352 g/mol. The third kappa shape index (κ3) is 2.95. The number of aromatic nitrogens is 4. The Bertz CT molecular complexity index is 953. The van der Waals surface area contributed by atoms with Gasteiger partial charge in [0.1, 0.15) is 10.8 Å². The Morgan fingerprint density at radius 3 is 2.58 bits per heavy atom. The zero-order chi connectivity index (χ0) is 16.5. The minimum Gasteiger partial charge on any atom is -0.274 e. The highest BCUT2D eigenvalue weighted by atomic mass is 32.2. The number of para-hydroxylation sites is 1. The van der Waals surface area contributed by atoms with Crippen LogP contribution in [0.5, 0.6) is 0 Å². The number of thioether (sulfide) groups is 1. The Morgan fingerprint density at radius 2 is 1.79 bits per heavy atom. The Labute approximate surface area is 148 Å². The number of fused-ring (bicyclic) bond motifs is 1. The van der Waals surface area contributed by atoms with Crippen molar-refractivity contribution in [3.05, 3.63) is 64.9 Å². The molecule has 2 aromatic heterocycles. The smallest absolute Gasteiger partial charge is 0.196 e. The molecule has 0 atom stereocenters. The summed E-state index contributed by atoms with van der Waals surface area (Å²) in [6.45, 7) is 4.07. The summed E-state index contributed by atoms with van der Waals surface area (Å²) in [6.07, 6.45) is 0. The van der Waals surface area contributed by atoms with E-state index < -0.39 is 0 Å². The number of benzene rings is 2. The molecule has 0 bridgehead atoms. The fourth-order valence-corrected chi connectivity index (χ4v) is 4.49. The number of aryl methyl sites for hydroxylation is 2. The highest BCUT2D eigenvalue weighted by Crippen LogP contribution is 2.29. The fraction of sp³-hybridized carbons (Fsp3) is 0.167. The molecule has 0 aliphatic carbocycles. The third-order valence-corrected chi connectivity index (χ3v) is 5.91. The second-order valence-electron chi connectivity index (χ2n) is 5.56. The van der Waals surface area contributed by atoms with Gasteiger partial charge in [-0.2, -0.15) is 0 Å². The van der Waals surface area contributed by atoms with Crippen molar-refractivity contribution in [3.8, 4) is 5.69 Å². The van der Waals surface area contributed by atoms with E-state index >= 15 is 0 Å². The highest BCUT2D eigenvalue weighted by molar-refractivity contribution is 7.98. The Morgan fingerprint density at radius 1 is 1.00 bits per heavy atom. The SMILES string of the molecule is Cc1ccc(-n2c(C)nnc2SCc2nc3ccccc3s2)cc1. The first kappa shape index (κ1) is 15.4. The lowest BCUT2D eigenvalue weighted by molar-refractivity contribution is 0.867. The molecule has 0 spiro atoms. The normalized spacial score (nSPS) is 11.2. The van der Waals surface area contributed by atoms with Crippen LogP contribution in [-0.4, -0.2) is 19.7 Å². The van der Waals surface area contributed by atoms with Gasteiger partial charge in [0, 0.05) is 5.69 Å². The van der Waals surface area contributed by atoms with Crippen LogP contribution in [0.25, 0.3) is 15.9 Å². The minimum absolute atomic E-state index is 0.795. The summed E-state index contributed by atoms with van der Waals surface area (Å²) in [5, 5.41) is 10.6. The van der Waals surface area contributed by atoms with Crippen LogP contribution in [0.15, 0.2) is 53.7 Å². The predicted octanol–water partition coefficient (Wildman–Crippen LogP) is 4.79. The van der Waals surface area contributed by atoms with Crippen LogP contribution >= 0.6 is 23.1 Å². The van der Waals surface area contributed by atoms with E-state index in [1.54, 1.807) is 23.1 Å². The van der Waals surface area contributed by atoms with Crippen molar-refractivity contribution in [2.75, 3.05) is 0 Å². The molecule has 4 rings (SSSR count). The summed E-state index contributed by atoms with van der Waals surface area (Å²) in [4.78, 5) is 4.69. The van der Waals surface area contributed by atoms with Gasteiger partial charge in [0.25, 0.3) is 0 Å². The molecule has 24 heavy (non-hydrogen) atoms. The van der Waals surface area contributed by atoms with E-state index in [-0.39, 0.29) is 0 Å². The average Bonchev–Trinajstić information content (AvgIpc) is 3.17. The van der Waals surface area contributed by atoms with Gasteiger partial charge in [0.15, 0.2) is 5.16 Å². The molecule has 0 saturated heterocycles. The van der Waals surface area contributed by atoms with Gasteiger partial charge in [0.2, 0.25) is 0 Å². The lowest BCUT2D eigenvalue weighted by Crippen LogP contribution is -1.99. The van der Waals surface area contributed by atoms with E-state index in [1.165, 1.54) is 10.3 Å². The van der Waals surface area contributed by atoms with E-state index in [0.29, 0.717) is 0 Å². The maximum atomic E-state index is 4.69. The Hall–Kier alpha value is -2.18. The average molecular weight is 352 g/mol. The number of hydrogen-bond acceptors (Lipinski definition) is 5. The maximum absolute atomic E-state index is 4.69. The molecule has 0 aliphatic heterocycles. The molecule has 6 heteroatoms. The zero-order valence-electron chi connectivity index (χ0n) is 13.4. The Balaban J connectivity index is 1.60. The lowest BCUT2D eigenvalue weighted by Gasteiger charge is -2.08. The van der Waals surface area contributed by atoms with E-state index in [2.05, 4.69) is 69.1 Å². The standard InChI is InChI=1S/C18H16N4S2/c1-12-7-9-14(10-8-12)22-13(2)20-21-18(22)23-11-17-19-15-5-3-4-6-16(15)24-17/h3-10H,11H2,1-2H3. The van der Waals surface area contributed by atoms with Crippen LogP contribution in [0.3, 0.4) is 0 Å². The molecule has 0 unspecified atom stereocenters. The largest absolute Gasteiger partial charge is 0.274 e. The highest BCUT2D eigenvalue weighted by Gasteiger charge is 2.13. The third-order valence-electron chi connectivity index (χ3n) is 3.75. The molecule has 0 radical (unpaired) electrons. The summed E-state index contributed by atoms with van der Waals surface area (Å²) in [5.74, 6) is 1.69. The van der Waals surface area contributed by atoms with Crippen molar-refractivity contribution in [1.82, 2.24) is 19.7 Å². The lowest BCUT2D eigenvalue weighted by atomic mass is 10.2. The molecule has 0 N–H and O–H groups in total. The van der Waals surface area contributed by atoms with Crippen molar-refractivity contribution in [2.24, 2.45) is 0 Å². The summed E-state index contributed by atoms with van der Waals surface area (Å²) in [5.41, 5.74) is 3.40. The molecule has 2 heterocycles. The van der Waals surface area contributed by atoms with Crippen LogP contribution in [-0.2, 0) is 5.75 Å². The molecular formula is C18H16N4S2. The van der Waals surface area contributed by atoms with Gasteiger partial charge < -0.3 is 0 Å². The summed E-state index contributed by atoms with van der Waals surface area (Å²) >= 11 is 3.41. The molecule has 4 nitrogen and oxygen atoms in total. The van der Waals surface area contributed by atoms with Gasteiger partial charge in [-0.3, -0.25) is 4.57 Å². The van der Waals surface area contributed by atoms with Crippen molar-refractivity contribution >= 4 is 33.3 Å². The van der Waals surface area contributed by atoms with Gasteiger partial charge in [-0.1, -0.05) is 41.6 Å². The van der Waals surface area contributed by atoms with E-state index in [9.17, 15) is 0 Å². The predicted molar refractivity (Wildman–Crippen MR) is 100 cm³/mol. The quantitative estimate of drug-likeness (QED) is 0.496. The van der Waals surface area contributed by atoms with Gasteiger partial charge in [-0.15, -0.1) is 21.5 Å². The van der Waals surface area contributed by atoms with Crippen molar-refractivity contribution < 1.29 is 0 Å². The molecular weight excluding hydrogens is 336 g/mol. The first-order valence-corrected chi connectivity index (χ1v) is 9.47. The van der Waals surface area contributed by atoms with Crippen molar-refractivity contribution in [3.63, 3.8) is 0 Å². The van der Waals surface area contributed by atoms with Crippen molar-refractivity contribution in [2.45, 2.75) is 24.8 Å². The fourth-order valence-electron chi connectivity index (χ4n) is 2.54. The second-order valence-corrected chi connectivity index (χ2v) is 7.62. The molecule has 120 valence electrons. The zero-order valence-corrected chi connectivity index (χ0v) is 15.1. The van der Waals surface area contributed by atoms with Gasteiger partial charge in [-0.05, 0) is 38.1 Å². The van der Waals surface area contributed by atoms with Crippen molar-refractivity contribution in [1.29, 1.82) is 0 Å². The van der Waals surface area contributed by atoms with Crippen LogP contribution in [0.2, 0.25) is 0 Å². The number of rotatable bonds is 4. The van der Waals surface area contributed by atoms with Crippen LogP contribution in [0.4, 0.5) is 0 Å². The van der Waals surface area contributed by atoms with Gasteiger partial charge >= 0.3 is 0 Å². The molecule has 0 aliphatic rings. The topological polar surface area (TPSA) is 43.6 Å². The van der Waals surface area contributed by atoms with Gasteiger partial charge in [0.05, 0.1) is 16.0 Å². The summed E-state index contributed by atoms with van der Waals surface area (Å²) in [7, 11) is 0. The van der Waals surface area contributed by atoms with Crippen LogP contribution in [0, 0.1) is 13.8 Å². The van der Waals surface area contributed by atoms with E-state index in [0.717, 1.165) is 32.9 Å². The van der Waals surface area contributed by atoms with E-state index in [4.69, 9.17) is 0 Å². The van der Waals surface area contributed by atoms with Crippen LogP contribution in [0.1, 0.15) is 16.4 Å². The maximum Gasteiger partial charge on any atom is 0.196 e. The number of hydrogen-bond donors (Lipinski definition) is 0. The molecule has 2 aromatic carbocycles. The molecule has 4 aromatic rings. The number of thiazole rings is 1. The minimum atomic E-state index is 0.795. The van der Waals surface area contributed by atoms with E-state index in [1.807, 2.05) is 13.0 Å². The first-order chi connectivity index (χ1) is 11.7. The number of nitrogens with zero attached hydrogens (tertiary/aromatic N) is 4. The molecule has 0 fully saturated rings. The summed E-state index contributed by atoms with van der Waals surface area (Å²) < 4.78 is 3.32. The molecule has 0 saturated carbocycles. The van der Waals surface area contributed by atoms with Crippen LogP contribution < -0.4 is 0 Å².